The van der Waals surface area contributed by atoms with E-state index in [2.05, 4.69) is 0 Å². The van der Waals surface area contributed by atoms with Crippen LogP contribution in [-0.2, 0) is 14.6 Å². The molecule has 2 N–H and O–H groups in total. The molecule has 0 heterocycles. The van der Waals surface area contributed by atoms with Crippen molar-refractivity contribution in [3.05, 3.63) is 29.8 Å². The Morgan fingerprint density at radius 2 is 1.90 bits per heavy atom. The number of carbonyl (C=O) groups is 1. The Labute approximate surface area is 129 Å². The molecule has 1 aromatic carbocycles. The van der Waals surface area contributed by atoms with Crippen molar-refractivity contribution in [3.63, 3.8) is 0 Å². The molecule has 0 saturated heterocycles. The Morgan fingerprint density at radius 3 is 2.43 bits per heavy atom. The van der Waals surface area contributed by atoms with Gasteiger partial charge in [-0.2, -0.15) is 0 Å². The normalized spacial score (nSPS) is 15.0. The Balaban J connectivity index is 2.97. The van der Waals surface area contributed by atoms with Crippen molar-refractivity contribution in [1.82, 2.24) is 0 Å². The minimum atomic E-state index is -3.44. The van der Waals surface area contributed by atoms with Crippen LogP contribution in [0.4, 0.5) is 0 Å². The van der Waals surface area contributed by atoms with Crippen LogP contribution in [0, 0.1) is 0 Å². The molecule has 2 atom stereocenters. The number of benzene rings is 1. The van der Waals surface area contributed by atoms with Gasteiger partial charge in [-0.15, -0.1) is 0 Å². The maximum absolute atomic E-state index is 12.1. The van der Waals surface area contributed by atoms with E-state index >= 15 is 0 Å². The second-order valence-corrected chi connectivity index (χ2v) is 8.68. The highest BCUT2D eigenvalue weighted by molar-refractivity contribution is 8.13. The third kappa shape index (κ3) is 4.81. The third-order valence-corrected chi connectivity index (χ3v) is 6.04. The van der Waals surface area contributed by atoms with Crippen LogP contribution in [0.5, 0.6) is 0 Å². The van der Waals surface area contributed by atoms with E-state index in [-0.39, 0.29) is 15.8 Å². The summed E-state index contributed by atoms with van der Waals surface area (Å²) in [6.07, 6.45) is -2.38. The standard InChI is InChI=1S/C14H20O5S2/c1-9(2)21(18,19)12-6-4-5-11(7-12)14(17)13(16)8-20-10(3)15/h4-7,9,13-14,16-17H,8H2,1-3H3. The summed E-state index contributed by atoms with van der Waals surface area (Å²) in [5.74, 6) is 0.0532. The third-order valence-electron chi connectivity index (χ3n) is 2.97. The van der Waals surface area contributed by atoms with Gasteiger partial charge in [0.25, 0.3) is 0 Å². The van der Waals surface area contributed by atoms with Gasteiger partial charge in [-0.1, -0.05) is 23.9 Å². The molecule has 2 unspecified atom stereocenters. The lowest BCUT2D eigenvalue weighted by atomic mass is 10.1. The quantitative estimate of drug-likeness (QED) is 0.821. The van der Waals surface area contributed by atoms with E-state index < -0.39 is 27.3 Å². The minimum Gasteiger partial charge on any atom is -0.389 e. The lowest BCUT2D eigenvalue weighted by Gasteiger charge is -2.18. The molecule has 0 aliphatic carbocycles. The van der Waals surface area contributed by atoms with Crippen molar-refractivity contribution >= 4 is 26.7 Å². The van der Waals surface area contributed by atoms with Crippen molar-refractivity contribution in [2.75, 3.05) is 5.75 Å². The van der Waals surface area contributed by atoms with E-state index in [0.717, 1.165) is 11.8 Å². The van der Waals surface area contributed by atoms with Crippen molar-refractivity contribution < 1.29 is 23.4 Å². The van der Waals surface area contributed by atoms with Gasteiger partial charge in [0.15, 0.2) is 15.0 Å². The van der Waals surface area contributed by atoms with Gasteiger partial charge in [-0.3, -0.25) is 4.79 Å². The lowest BCUT2D eigenvalue weighted by molar-refractivity contribution is -0.109. The fraction of sp³-hybridized carbons (Fsp3) is 0.500. The number of hydrogen-bond donors (Lipinski definition) is 2. The van der Waals surface area contributed by atoms with Gasteiger partial charge >= 0.3 is 0 Å². The molecule has 1 rings (SSSR count). The smallest absolute Gasteiger partial charge is 0.185 e. The summed E-state index contributed by atoms with van der Waals surface area (Å²) in [5, 5.41) is 19.2. The van der Waals surface area contributed by atoms with Crippen LogP contribution in [-0.4, -0.2) is 40.9 Å². The molecular weight excluding hydrogens is 312 g/mol. The van der Waals surface area contributed by atoms with Crippen molar-refractivity contribution in [2.24, 2.45) is 0 Å². The fourth-order valence-corrected chi connectivity index (χ4v) is 3.36. The summed E-state index contributed by atoms with van der Waals surface area (Å²) in [7, 11) is -3.44. The van der Waals surface area contributed by atoms with Crippen LogP contribution in [0.2, 0.25) is 0 Å². The van der Waals surface area contributed by atoms with Gasteiger partial charge in [-0.05, 0) is 31.5 Å². The molecular formula is C14H20O5S2. The summed E-state index contributed by atoms with van der Waals surface area (Å²) >= 11 is 0.910. The molecule has 21 heavy (non-hydrogen) atoms. The van der Waals surface area contributed by atoms with Gasteiger partial charge < -0.3 is 10.2 Å². The van der Waals surface area contributed by atoms with Crippen molar-refractivity contribution in [3.8, 4) is 0 Å². The summed E-state index contributed by atoms with van der Waals surface area (Å²) in [5.41, 5.74) is 0.313. The fourth-order valence-electron chi connectivity index (χ4n) is 1.66. The SMILES string of the molecule is CC(=O)SCC(O)C(O)c1cccc(S(=O)(=O)C(C)C)c1. The first-order valence-corrected chi connectivity index (χ1v) is 9.02. The minimum absolute atomic E-state index is 0.0532. The zero-order chi connectivity index (χ0) is 16.2. The van der Waals surface area contributed by atoms with E-state index in [9.17, 15) is 23.4 Å². The molecule has 0 aliphatic heterocycles. The largest absolute Gasteiger partial charge is 0.389 e. The predicted molar refractivity (Wildman–Crippen MR) is 82.9 cm³/mol. The molecule has 0 saturated carbocycles. The first-order valence-electron chi connectivity index (χ1n) is 6.49. The van der Waals surface area contributed by atoms with E-state index in [1.54, 1.807) is 19.9 Å². The number of sulfone groups is 1. The lowest BCUT2D eigenvalue weighted by Crippen LogP contribution is -2.22. The van der Waals surface area contributed by atoms with E-state index in [1.165, 1.54) is 25.1 Å². The number of thioether (sulfide) groups is 1. The van der Waals surface area contributed by atoms with Crippen molar-refractivity contribution in [1.29, 1.82) is 0 Å². The molecule has 0 aliphatic rings. The van der Waals surface area contributed by atoms with Crippen LogP contribution in [0.25, 0.3) is 0 Å². The first kappa shape index (κ1) is 18.2. The first-order chi connectivity index (χ1) is 9.66. The molecule has 0 bridgehead atoms. The summed E-state index contributed by atoms with van der Waals surface area (Å²) < 4.78 is 24.2. The second kappa shape index (κ2) is 7.40. The Bertz CT molecular complexity index is 595. The predicted octanol–water partition coefficient (Wildman–Crippen LogP) is 1.54. The molecule has 0 radical (unpaired) electrons. The average Bonchev–Trinajstić information content (AvgIpc) is 2.43. The molecule has 0 spiro atoms. The summed E-state index contributed by atoms with van der Waals surface area (Å²) in [6.45, 7) is 4.53. The molecule has 118 valence electrons. The maximum Gasteiger partial charge on any atom is 0.185 e. The van der Waals surface area contributed by atoms with E-state index in [0.29, 0.717) is 5.56 Å². The molecule has 0 aromatic heterocycles. The number of carbonyl (C=O) groups excluding carboxylic acids is 1. The molecule has 1 aromatic rings. The van der Waals surface area contributed by atoms with Crippen LogP contribution in [0.15, 0.2) is 29.2 Å². The van der Waals surface area contributed by atoms with Crippen LogP contribution < -0.4 is 0 Å². The van der Waals surface area contributed by atoms with Crippen LogP contribution in [0.1, 0.15) is 32.4 Å². The number of aliphatic hydroxyl groups excluding tert-OH is 2. The number of aliphatic hydroxyl groups is 2. The molecule has 0 fully saturated rings. The highest BCUT2D eigenvalue weighted by Gasteiger charge is 2.23. The van der Waals surface area contributed by atoms with Gasteiger partial charge in [0.2, 0.25) is 0 Å². The van der Waals surface area contributed by atoms with Gasteiger partial charge in [0.05, 0.1) is 16.2 Å². The zero-order valence-corrected chi connectivity index (χ0v) is 13.8. The van der Waals surface area contributed by atoms with Crippen LogP contribution in [0.3, 0.4) is 0 Å². The van der Waals surface area contributed by atoms with Crippen LogP contribution >= 0.6 is 11.8 Å². The maximum atomic E-state index is 12.1. The Morgan fingerprint density at radius 1 is 1.29 bits per heavy atom. The van der Waals surface area contributed by atoms with Gasteiger partial charge in [0, 0.05) is 12.7 Å². The highest BCUT2D eigenvalue weighted by atomic mass is 32.2. The molecule has 0 amide bonds. The summed E-state index contributed by atoms with van der Waals surface area (Å²) in [6, 6.07) is 5.90. The Hall–Kier alpha value is -0.890. The van der Waals surface area contributed by atoms with Gasteiger partial charge in [-0.25, -0.2) is 8.42 Å². The van der Waals surface area contributed by atoms with E-state index in [4.69, 9.17) is 0 Å². The number of rotatable bonds is 6. The molecule has 7 heteroatoms. The zero-order valence-electron chi connectivity index (χ0n) is 12.2. The average molecular weight is 332 g/mol. The molecule has 5 nitrogen and oxygen atoms in total. The Kier molecular flexibility index (Phi) is 6.40. The monoisotopic (exact) mass is 332 g/mol. The van der Waals surface area contributed by atoms with Gasteiger partial charge in [0.1, 0.15) is 6.10 Å². The number of hydrogen-bond acceptors (Lipinski definition) is 6. The second-order valence-electron chi connectivity index (χ2n) is 4.98. The summed E-state index contributed by atoms with van der Waals surface area (Å²) in [4.78, 5) is 11.0. The highest BCUT2D eigenvalue weighted by Crippen LogP contribution is 2.24. The topological polar surface area (TPSA) is 91.7 Å². The van der Waals surface area contributed by atoms with E-state index in [1.807, 2.05) is 0 Å². The van der Waals surface area contributed by atoms with Crippen molar-refractivity contribution in [2.45, 2.75) is 43.1 Å².